The Balaban J connectivity index is 0.00000400. The number of amides is 1. The van der Waals surface area contributed by atoms with E-state index in [1.54, 1.807) is 0 Å². The summed E-state index contributed by atoms with van der Waals surface area (Å²) in [7, 11) is 0. The van der Waals surface area contributed by atoms with Crippen molar-refractivity contribution in [3.8, 4) is 0 Å². The molecule has 1 aromatic rings. The van der Waals surface area contributed by atoms with Crippen molar-refractivity contribution in [1.29, 1.82) is 0 Å². The molecule has 1 rings (SSSR count). The minimum Gasteiger partial charge on any atom is -0.335 e. The fourth-order valence-electron chi connectivity index (χ4n) is 2.47. The first-order valence-corrected chi connectivity index (χ1v) is 7.63. The molecule has 0 heterocycles. The van der Waals surface area contributed by atoms with Crippen LogP contribution in [0.5, 0.6) is 0 Å². The van der Waals surface area contributed by atoms with E-state index in [1.165, 1.54) is 0 Å². The molecule has 0 atom stereocenters. The minimum atomic E-state index is 0. The van der Waals surface area contributed by atoms with Crippen LogP contribution in [-0.2, 0) is 6.54 Å². The van der Waals surface area contributed by atoms with Crippen LogP contribution in [0.3, 0.4) is 0 Å². The highest BCUT2D eigenvalue weighted by atomic mass is 35.5. The third kappa shape index (κ3) is 5.68. The van der Waals surface area contributed by atoms with Crippen molar-refractivity contribution in [2.75, 3.05) is 6.54 Å². The first-order valence-electron chi connectivity index (χ1n) is 7.63. The monoisotopic (exact) mass is 312 g/mol. The molecule has 0 aliphatic rings. The van der Waals surface area contributed by atoms with Crippen molar-refractivity contribution < 1.29 is 4.79 Å². The summed E-state index contributed by atoms with van der Waals surface area (Å²) in [6, 6.07) is 7.97. The molecule has 0 unspecified atom stereocenters. The molecule has 0 fully saturated rings. The predicted molar refractivity (Wildman–Crippen MR) is 91.8 cm³/mol. The lowest BCUT2D eigenvalue weighted by Crippen LogP contribution is -2.42. The average molecular weight is 313 g/mol. The molecular formula is C17H29ClN2O. The number of halogens is 1. The summed E-state index contributed by atoms with van der Waals surface area (Å²) in [6.07, 6.45) is 1.99. The fraction of sp³-hybridized carbons (Fsp3) is 0.588. The molecule has 2 N–H and O–H groups in total. The van der Waals surface area contributed by atoms with Crippen LogP contribution < -0.4 is 5.73 Å². The summed E-state index contributed by atoms with van der Waals surface area (Å²) < 4.78 is 0. The lowest BCUT2D eigenvalue weighted by Gasteiger charge is -2.32. The summed E-state index contributed by atoms with van der Waals surface area (Å²) >= 11 is 0. The predicted octanol–water partition coefficient (Wildman–Crippen LogP) is 3.85. The minimum absolute atomic E-state index is 0. The first kappa shape index (κ1) is 19.9. The van der Waals surface area contributed by atoms with E-state index >= 15 is 0 Å². The van der Waals surface area contributed by atoms with Crippen LogP contribution in [0.4, 0.5) is 0 Å². The molecule has 0 aliphatic heterocycles. The number of rotatable bonds is 7. The van der Waals surface area contributed by atoms with Gasteiger partial charge in [0.25, 0.3) is 5.91 Å². The maximum Gasteiger partial charge on any atom is 0.254 e. The number of nitrogens with two attached hydrogens (primary N) is 1. The Kier molecular flexibility index (Phi) is 9.31. The Hall–Kier alpha value is -1.06. The number of benzene rings is 1. The first-order chi connectivity index (χ1) is 9.53. The molecule has 120 valence electrons. The summed E-state index contributed by atoms with van der Waals surface area (Å²) in [5.41, 5.74) is 7.41. The van der Waals surface area contributed by atoms with Crippen molar-refractivity contribution in [1.82, 2.24) is 4.90 Å². The third-order valence-electron chi connectivity index (χ3n) is 3.64. The van der Waals surface area contributed by atoms with Gasteiger partial charge in [0.15, 0.2) is 0 Å². The van der Waals surface area contributed by atoms with Crippen LogP contribution in [0.15, 0.2) is 24.3 Å². The molecule has 0 aromatic heterocycles. The normalized spacial score (nSPS) is 10.6. The second-order valence-electron chi connectivity index (χ2n) is 5.72. The number of hydrogen-bond donors (Lipinski definition) is 1. The molecule has 0 spiro atoms. The van der Waals surface area contributed by atoms with Gasteiger partial charge in [-0.2, -0.15) is 0 Å². The van der Waals surface area contributed by atoms with E-state index in [9.17, 15) is 4.79 Å². The van der Waals surface area contributed by atoms with Crippen molar-refractivity contribution in [3.63, 3.8) is 0 Å². The van der Waals surface area contributed by atoms with Gasteiger partial charge in [0.05, 0.1) is 0 Å². The molecule has 1 aromatic carbocycles. The zero-order valence-corrected chi connectivity index (χ0v) is 14.5. The molecule has 1 amide bonds. The van der Waals surface area contributed by atoms with E-state index in [-0.39, 0.29) is 18.3 Å². The summed E-state index contributed by atoms with van der Waals surface area (Å²) in [6.45, 7) is 9.92. The molecule has 0 saturated carbocycles. The number of carbonyl (C=O) groups is 1. The van der Waals surface area contributed by atoms with Gasteiger partial charge in [0.1, 0.15) is 0 Å². The van der Waals surface area contributed by atoms with Crippen LogP contribution in [0, 0.1) is 5.92 Å². The smallest absolute Gasteiger partial charge is 0.254 e. The molecule has 0 saturated heterocycles. The van der Waals surface area contributed by atoms with Gasteiger partial charge >= 0.3 is 0 Å². The van der Waals surface area contributed by atoms with E-state index in [0.717, 1.165) is 30.5 Å². The summed E-state index contributed by atoms with van der Waals surface area (Å²) in [5, 5.41) is 0. The molecule has 3 nitrogen and oxygen atoms in total. The highest BCUT2D eigenvalue weighted by Gasteiger charge is 2.22. The largest absolute Gasteiger partial charge is 0.335 e. The lowest BCUT2D eigenvalue weighted by atomic mass is 10.0. The Labute approximate surface area is 135 Å². The Morgan fingerprint density at radius 3 is 2.05 bits per heavy atom. The van der Waals surface area contributed by atoms with Gasteiger partial charge in [-0.3, -0.25) is 4.79 Å². The van der Waals surface area contributed by atoms with Gasteiger partial charge < -0.3 is 10.6 Å². The van der Waals surface area contributed by atoms with Gasteiger partial charge in [-0.25, -0.2) is 0 Å². The van der Waals surface area contributed by atoms with Gasteiger partial charge in [0.2, 0.25) is 0 Å². The van der Waals surface area contributed by atoms with E-state index in [2.05, 4.69) is 27.7 Å². The van der Waals surface area contributed by atoms with Gasteiger partial charge in [-0.15, -0.1) is 12.4 Å². The van der Waals surface area contributed by atoms with E-state index < -0.39 is 0 Å². The fourth-order valence-corrected chi connectivity index (χ4v) is 2.47. The van der Waals surface area contributed by atoms with Crippen LogP contribution in [0.25, 0.3) is 0 Å². The van der Waals surface area contributed by atoms with Crippen molar-refractivity contribution >= 4 is 18.3 Å². The highest BCUT2D eigenvalue weighted by molar-refractivity contribution is 5.94. The molecule has 0 radical (unpaired) electrons. The molecule has 0 bridgehead atoms. The highest BCUT2D eigenvalue weighted by Crippen LogP contribution is 2.16. The molecule has 4 heteroatoms. The standard InChI is InChI=1S/C17H28N2O.ClH/c1-5-16(6-2)19(12-13(3)4)17(20)15-9-7-14(11-18)8-10-15;/h7-10,13,16H,5-6,11-12,18H2,1-4H3;1H. The molecular weight excluding hydrogens is 284 g/mol. The molecule has 21 heavy (non-hydrogen) atoms. The van der Waals surface area contributed by atoms with Gasteiger partial charge in [-0.05, 0) is 36.5 Å². The summed E-state index contributed by atoms with van der Waals surface area (Å²) in [5.74, 6) is 0.610. The topological polar surface area (TPSA) is 46.3 Å². The average Bonchev–Trinajstić information content (AvgIpc) is 2.46. The zero-order valence-electron chi connectivity index (χ0n) is 13.6. The van der Waals surface area contributed by atoms with E-state index in [4.69, 9.17) is 5.73 Å². The number of hydrogen-bond acceptors (Lipinski definition) is 2. The van der Waals surface area contributed by atoms with E-state index in [0.29, 0.717) is 18.5 Å². The number of carbonyl (C=O) groups excluding carboxylic acids is 1. The second-order valence-corrected chi connectivity index (χ2v) is 5.72. The quantitative estimate of drug-likeness (QED) is 0.831. The molecule has 0 aliphatic carbocycles. The SMILES string of the molecule is CCC(CC)N(CC(C)C)C(=O)c1ccc(CN)cc1.Cl. The van der Waals surface area contributed by atoms with Crippen molar-refractivity contribution in [3.05, 3.63) is 35.4 Å². The van der Waals surface area contributed by atoms with Crippen LogP contribution in [-0.4, -0.2) is 23.4 Å². The Bertz CT molecular complexity index is 413. The van der Waals surface area contributed by atoms with Crippen molar-refractivity contribution in [2.24, 2.45) is 11.7 Å². The third-order valence-corrected chi connectivity index (χ3v) is 3.64. The Morgan fingerprint density at radius 2 is 1.67 bits per heavy atom. The van der Waals surface area contributed by atoms with Gasteiger partial charge in [0, 0.05) is 24.7 Å². The van der Waals surface area contributed by atoms with Crippen LogP contribution in [0.2, 0.25) is 0 Å². The van der Waals surface area contributed by atoms with Crippen molar-refractivity contribution in [2.45, 2.75) is 53.1 Å². The maximum absolute atomic E-state index is 12.7. The lowest BCUT2D eigenvalue weighted by molar-refractivity contribution is 0.0640. The van der Waals surface area contributed by atoms with Crippen LogP contribution >= 0.6 is 12.4 Å². The van der Waals surface area contributed by atoms with Crippen LogP contribution in [0.1, 0.15) is 56.5 Å². The second kappa shape index (κ2) is 9.80. The van der Waals surface area contributed by atoms with E-state index in [1.807, 2.05) is 29.2 Å². The maximum atomic E-state index is 12.7. The van der Waals surface area contributed by atoms with Gasteiger partial charge in [-0.1, -0.05) is 39.8 Å². The Morgan fingerprint density at radius 1 is 1.14 bits per heavy atom. The zero-order chi connectivity index (χ0) is 15.1. The summed E-state index contributed by atoms with van der Waals surface area (Å²) in [4.78, 5) is 14.8. The number of nitrogens with zero attached hydrogens (tertiary/aromatic N) is 1.